The predicted octanol–water partition coefficient (Wildman–Crippen LogP) is 2.64. The summed E-state index contributed by atoms with van der Waals surface area (Å²) < 4.78 is 7.75. The van der Waals surface area contributed by atoms with Crippen LogP contribution in [0.2, 0.25) is 0 Å². The summed E-state index contributed by atoms with van der Waals surface area (Å²) in [5.74, 6) is 1.75. The van der Waals surface area contributed by atoms with E-state index in [1.165, 1.54) is 0 Å². The van der Waals surface area contributed by atoms with Gasteiger partial charge in [0.25, 0.3) is 0 Å². The number of oxazole rings is 1. The van der Waals surface area contributed by atoms with E-state index >= 15 is 0 Å². The first kappa shape index (κ1) is 17.7. The number of aromatic nitrogens is 3. The minimum atomic E-state index is 0. The average molecular weight is 360 g/mol. The molecular weight excluding hydrogens is 338 g/mol. The fourth-order valence-electron chi connectivity index (χ4n) is 3.19. The fraction of sp³-hybridized carbons (Fsp3) is 0.333. The third-order valence-corrected chi connectivity index (χ3v) is 4.45. The zero-order chi connectivity index (χ0) is 16.4. The van der Waals surface area contributed by atoms with Crippen LogP contribution in [0.1, 0.15) is 17.6 Å². The van der Waals surface area contributed by atoms with Crippen LogP contribution in [0.25, 0.3) is 11.5 Å². The fourth-order valence-corrected chi connectivity index (χ4v) is 3.19. The lowest BCUT2D eigenvalue weighted by atomic mass is 10.1. The van der Waals surface area contributed by atoms with Gasteiger partial charge in [-0.1, -0.05) is 18.2 Å². The summed E-state index contributed by atoms with van der Waals surface area (Å²) in [4.78, 5) is 11.6. The number of piperazine rings is 1. The maximum atomic E-state index is 5.67. The van der Waals surface area contributed by atoms with Gasteiger partial charge in [-0.3, -0.25) is 4.90 Å². The zero-order valence-electron chi connectivity index (χ0n) is 14.1. The molecule has 0 saturated carbocycles. The van der Waals surface area contributed by atoms with Gasteiger partial charge in [0.05, 0.1) is 11.7 Å². The monoisotopic (exact) mass is 359 g/mol. The van der Waals surface area contributed by atoms with Gasteiger partial charge in [-0.05, 0) is 12.1 Å². The van der Waals surface area contributed by atoms with Crippen LogP contribution in [-0.2, 0) is 13.6 Å². The second-order valence-corrected chi connectivity index (χ2v) is 6.10. The summed E-state index contributed by atoms with van der Waals surface area (Å²) in [6.45, 7) is 3.60. The Morgan fingerprint density at radius 2 is 2.12 bits per heavy atom. The average Bonchev–Trinajstić information content (AvgIpc) is 3.25. The van der Waals surface area contributed by atoms with Gasteiger partial charge in [0, 0.05) is 51.2 Å². The van der Waals surface area contributed by atoms with Gasteiger partial charge in [-0.2, -0.15) is 0 Å². The quantitative estimate of drug-likeness (QED) is 0.776. The number of benzene rings is 1. The van der Waals surface area contributed by atoms with Crippen LogP contribution in [0.3, 0.4) is 0 Å². The lowest BCUT2D eigenvalue weighted by molar-refractivity contribution is 0.143. The molecule has 2 aromatic heterocycles. The molecule has 3 heterocycles. The van der Waals surface area contributed by atoms with Crippen molar-refractivity contribution in [2.45, 2.75) is 12.6 Å². The topological polar surface area (TPSA) is 59.1 Å². The third kappa shape index (κ3) is 3.76. The van der Waals surface area contributed by atoms with Crippen LogP contribution < -0.4 is 5.32 Å². The van der Waals surface area contributed by atoms with Crippen LogP contribution in [0.4, 0.5) is 0 Å². The molecule has 132 valence electrons. The second-order valence-electron chi connectivity index (χ2n) is 6.10. The van der Waals surface area contributed by atoms with Crippen LogP contribution in [0.15, 0.2) is 53.4 Å². The Balaban J connectivity index is 0.00000182. The van der Waals surface area contributed by atoms with Gasteiger partial charge in [0.2, 0.25) is 5.89 Å². The maximum Gasteiger partial charge on any atom is 0.226 e. The van der Waals surface area contributed by atoms with Crippen LogP contribution in [0.5, 0.6) is 0 Å². The first-order valence-electron chi connectivity index (χ1n) is 8.23. The molecule has 1 aromatic carbocycles. The standard InChI is InChI=1S/C18H21N5O.ClH/c1-22-9-8-20-17(22)16-11-19-7-10-23(16)12-15-13-24-18(21-15)14-5-3-2-4-6-14;/h2-6,8-9,13,16,19H,7,10-12H2,1H3;1H. The van der Waals surface area contributed by atoms with Crippen LogP contribution >= 0.6 is 12.4 Å². The van der Waals surface area contributed by atoms with Gasteiger partial charge in [0.1, 0.15) is 12.1 Å². The Labute approximate surface area is 153 Å². The van der Waals surface area contributed by atoms with Gasteiger partial charge in [-0.15, -0.1) is 12.4 Å². The van der Waals surface area contributed by atoms with Crippen molar-refractivity contribution in [3.8, 4) is 11.5 Å². The molecule has 0 spiro atoms. The van der Waals surface area contributed by atoms with Crippen molar-refractivity contribution in [3.63, 3.8) is 0 Å². The zero-order valence-corrected chi connectivity index (χ0v) is 14.9. The number of hydrogen-bond acceptors (Lipinski definition) is 5. The molecule has 6 nitrogen and oxygen atoms in total. The number of imidazole rings is 1. The Morgan fingerprint density at radius 1 is 1.28 bits per heavy atom. The Hall–Kier alpha value is -2.15. The highest BCUT2D eigenvalue weighted by Gasteiger charge is 2.27. The Bertz CT molecular complexity index is 801. The van der Waals surface area contributed by atoms with E-state index in [9.17, 15) is 0 Å². The minimum absolute atomic E-state index is 0. The van der Waals surface area contributed by atoms with Crippen LogP contribution in [-0.4, -0.2) is 39.1 Å². The predicted molar refractivity (Wildman–Crippen MR) is 98.4 cm³/mol. The van der Waals surface area contributed by atoms with Crippen molar-refractivity contribution in [1.82, 2.24) is 24.8 Å². The summed E-state index contributed by atoms with van der Waals surface area (Å²) in [5.41, 5.74) is 1.96. The molecule has 1 N–H and O–H groups in total. The van der Waals surface area contributed by atoms with Gasteiger partial charge < -0.3 is 14.3 Å². The van der Waals surface area contributed by atoms with E-state index in [4.69, 9.17) is 4.42 Å². The molecule has 0 amide bonds. The molecule has 25 heavy (non-hydrogen) atoms. The molecule has 1 aliphatic rings. The summed E-state index contributed by atoms with van der Waals surface area (Å²) in [7, 11) is 2.04. The van der Waals surface area contributed by atoms with Crippen LogP contribution in [0, 0.1) is 0 Å². The molecule has 0 bridgehead atoms. The first-order valence-corrected chi connectivity index (χ1v) is 8.23. The molecule has 1 atom stereocenters. The van der Waals surface area contributed by atoms with E-state index < -0.39 is 0 Å². The minimum Gasteiger partial charge on any atom is -0.444 e. The van der Waals surface area contributed by atoms with E-state index in [1.807, 2.05) is 49.8 Å². The van der Waals surface area contributed by atoms with Gasteiger partial charge >= 0.3 is 0 Å². The van der Waals surface area contributed by atoms with Crippen molar-refractivity contribution >= 4 is 12.4 Å². The number of aryl methyl sites for hydroxylation is 1. The first-order chi connectivity index (χ1) is 11.8. The summed E-state index contributed by atoms with van der Waals surface area (Å²) >= 11 is 0. The van der Waals surface area contributed by atoms with E-state index in [0.717, 1.165) is 43.3 Å². The van der Waals surface area contributed by atoms with E-state index in [0.29, 0.717) is 5.89 Å². The van der Waals surface area contributed by atoms with E-state index in [-0.39, 0.29) is 18.4 Å². The Kier molecular flexibility index (Phi) is 5.53. The third-order valence-electron chi connectivity index (χ3n) is 4.45. The van der Waals surface area contributed by atoms with Crippen molar-refractivity contribution in [3.05, 3.63) is 60.5 Å². The highest BCUT2D eigenvalue weighted by Crippen LogP contribution is 2.24. The molecule has 1 unspecified atom stereocenters. The smallest absolute Gasteiger partial charge is 0.226 e. The number of hydrogen-bond donors (Lipinski definition) is 1. The summed E-state index contributed by atoms with van der Waals surface area (Å²) in [6, 6.07) is 10.2. The van der Waals surface area contributed by atoms with E-state index in [2.05, 4.69) is 24.8 Å². The normalized spacial score (nSPS) is 18.0. The largest absolute Gasteiger partial charge is 0.444 e. The number of nitrogens with one attached hydrogen (secondary N) is 1. The van der Waals surface area contributed by atoms with Crippen molar-refractivity contribution in [2.75, 3.05) is 19.6 Å². The molecule has 1 saturated heterocycles. The van der Waals surface area contributed by atoms with Crippen molar-refractivity contribution in [1.29, 1.82) is 0 Å². The number of nitrogens with zero attached hydrogens (tertiary/aromatic N) is 4. The summed E-state index contributed by atoms with van der Waals surface area (Å²) in [5, 5.41) is 3.46. The summed E-state index contributed by atoms with van der Waals surface area (Å²) in [6.07, 6.45) is 5.61. The second kappa shape index (κ2) is 7.82. The van der Waals surface area contributed by atoms with Gasteiger partial charge in [-0.25, -0.2) is 9.97 Å². The molecule has 1 aliphatic heterocycles. The Morgan fingerprint density at radius 3 is 2.88 bits per heavy atom. The molecule has 0 aliphatic carbocycles. The highest BCUT2D eigenvalue weighted by molar-refractivity contribution is 5.85. The van der Waals surface area contributed by atoms with E-state index in [1.54, 1.807) is 6.26 Å². The van der Waals surface area contributed by atoms with Gasteiger partial charge in [0.15, 0.2) is 0 Å². The lowest BCUT2D eigenvalue weighted by Crippen LogP contribution is -2.46. The van der Waals surface area contributed by atoms with Crippen molar-refractivity contribution < 1.29 is 4.42 Å². The molecule has 1 fully saturated rings. The molecular formula is C18H22ClN5O. The maximum absolute atomic E-state index is 5.67. The molecule has 7 heteroatoms. The lowest BCUT2D eigenvalue weighted by Gasteiger charge is -2.35. The number of halogens is 1. The SMILES string of the molecule is Cl.Cn1ccnc1C1CNCCN1Cc1coc(-c2ccccc2)n1. The molecule has 3 aromatic rings. The highest BCUT2D eigenvalue weighted by atomic mass is 35.5. The van der Waals surface area contributed by atoms with Crippen molar-refractivity contribution in [2.24, 2.45) is 7.05 Å². The number of rotatable bonds is 4. The molecule has 0 radical (unpaired) electrons. The molecule has 4 rings (SSSR count).